The van der Waals surface area contributed by atoms with Crippen molar-refractivity contribution >= 4 is 34.3 Å². The van der Waals surface area contributed by atoms with E-state index in [1.165, 1.54) is 17.7 Å². The van der Waals surface area contributed by atoms with E-state index in [4.69, 9.17) is 4.42 Å². The number of carbonyl (C=O) groups excluding carboxylic acids is 2. The molecule has 128 valence electrons. The first kappa shape index (κ1) is 15.8. The second-order valence-corrected chi connectivity index (χ2v) is 6.90. The van der Waals surface area contributed by atoms with E-state index in [9.17, 15) is 9.59 Å². The molecule has 3 heterocycles. The van der Waals surface area contributed by atoms with Crippen molar-refractivity contribution in [2.24, 2.45) is 0 Å². The highest BCUT2D eigenvalue weighted by Crippen LogP contribution is 2.18. The van der Waals surface area contributed by atoms with Gasteiger partial charge >= 0.3 is 0 Å². The average molecular weight is 355 g/mol. The van der Waals surface area contributed by atoms with Gasteiger partial charge in [-0.1, -0.05) is 6.07 Å². The number of thiophene rings is 1. The fourth-order valence-electron chi connectivity index (χ4n) is 3.05. The van der Waals surface area contributed by atoms with E-state index in [-0.39, 0.29) is 11.8 Å². The third-order valence-electron chi connectivity index (χ3n) is 4.38. The Morgan fingerprint density at radius 3 is 2.60 bits per heavy atom. The van der Waals surface area contributed by atoms with Crippen LogP contribution in [-0.2, 0) is 0 Å². The molecule has 1 aromatic carbocycles. The molecule has 1 aliphatic rings. The maximum atomic E-state index is 12.8. The lowest BCUT2D eigenvalue weighted by Crippen LogP contribution is -2.37. The molecule has 0 unspecified atom stereocenters. The first-order valence-corrected chi connectivity index (χ1v) is 9.05. The maximum absolute atomic E-state index is 12.8. The van der Waals surface area contributed by atoms with Gasteiger partial charge in [-0.3, -0.25) is 9.59 Å². The molecule has 0 atom stereocenters. The number of hydrogen-bond donors (Lipinski definition) is 0. The Morgan fingerprint density at radius 1 is 1.04 bits per heavy atom. The minimum absolute atomic E-state index is 0.0382. The quantitative estimate of drug-likeness (QED) is 0.709. The fourth-order valence-corrected chi connectivity index (χ4v) is 3.74. The van der Waals surface area contributed by atoms with Crippen LogP contribution in [0, 0.1) is 0 Å². The first-order chi connectivity index (χ1) is 12.2. The van der Waals surface area contributed by atoms with E-state index in [1.54, 1.807) is 23.1 Å². The van der Waals surface area contributed by atoms with Crippen LogP contribution in [0.1, 0.15) is 26.5 Å². The van der Waals surface area contributed by atoms with E-state index in [0.717, 1.165) is 16.8 Å². The lowest BCUT2D eigenvalue weighted by molar-refractivity contribution is 0.0721. The van der Waals surface area contributed by atoms with Gasteiger partial charge in [0.05, 0.1) is 4.88 Å². The van der Waals surface area contributed by atoms with E-state index in [0.29, 0.717) is 37.3 Å². The molecule has 0 bridgehead atoms. The van der Waals surface area contributed by atoms with Gasteiger partial charge in [-0.05, 0) is 36.1 Å². The SMILES string of the molecule is O=C(c1ccc2ncoc2c1)N1CCCN(C(=O)c2cccs2)CC1. The zero-order valence-electron chi connectivity index (χ0n) is 13.6. The zero-order valence-corrected chi connectivity index (χ0v) is 14.4. The number of aromatic nitrogens is 1. The van der Waals surface area contributed by atoms with Gasteiger partial charge in [-0.25, -0.2) is 4.98 Å². The molecule has 0 aliphatic carbocycles. The Balaban J connectivity index is 1.46. The van der Waals surface area contributed by atoms with Crippen molar-refractivity contribution in [2.45, 2.75) is 6.42 Å². The molecular formula is C18H17N3O3S. The predicted octanol–water partition coefficient (Wildman–Crippen LogP) is 2.88. The van der Waals surface area contributed by atoms with Gasteiger partial charge in [0.1, 0.15) is 5.52 Å². The third kappa shape index (κ3) is 3.15. The van der Waals surface area contributed by atoms with Gasteiger partial charge in [-0.2, -0.15) is 0 Å². The van der Waals surface area contributed by atoms with Crippen LogP contribution in [0.25, 0.3) is 11.1 Å². The Bertz CT molecular complexity index is 903. The van der Waals surface area contributed by atoms with Crippen molar-refractivity contribution in [2.75, 3.05) is 26.2 Å². The first-order valence-electron chi connectivity index (χ1n) is 8.18. The van der Waals surface area contributed by atoms with Gasteiger partial charge in [0.25, 0.3) is 11.8 Å². The second kappa shape index (κ2) is 6.68. The fraction of sp³-hybridized carbons (Fsp3) is 0.278. The molecule has 6 nitrogen and oxygen atoms in total. The number of amides is 2. The van der Waals surface area contributed by atoms with Crippen molar-refractivity contribution < 1.29 is 14.0 Å². The van der Waals surface area contributed by atoms with E-state index >= 15 is 0 Å². The Labute approximate surface area is 148 Å². The number of oxazole rings is 1. The molecule has 2 amide bonds. The molecule has 0 N–H and O–H groups in total. The summed E-state index contributed by atoms with van der Waals surface area (Å²) in [7, 11) is 0. The highest BCUT2D eigenvalue weighted by molar-refractivity contribution is 7.12. The lowest BCUT2D eigenvalue weighted by atomic mass is 10.1. The summed E-state index contributed by atoms with van der Waals surface area (Å²) >= 11 is 1.45. The van der Waals surface area contributed by atoms with Crippen LogP contribution in [0.5, 0.6) is 0 Å². The van der Waals surface area contributed by atoms with Gasteiger partial charge in [0.15, 0.2) is 12.0 Å². The predicted molar refractivity (Wildman–Crippen MR) is 94.8 cm³/mol. The molecule has 1 fully saturated rings. The Kier molecular flexibility index (Phi) is 4.23. The summed E-state index contributed by atoms with van der Waals surface area (Å²) in [4.78, 5) is 33.7. The van der Waals surface area contributed by atoms with Crippen molar-refractivity contribution in [3.05, 3.63) is 52.5 Å². The van der Waals surface area contributed by atoms with Crippen LogP contribution in [0.3, 0.4) is 0 Å². The van der Waals surface area contributed by atoms with Gasteiger partial charge < -0.3 is 14.2 Å². The topological polar surface area (TPSA) is 66.7 Å². The van der Waals surface area contributed by atoms with Crippen molar-refractivity contribution in [1.29, 1.82) is 0 Å². The molecule has 1 aliphatic heterocycles. The second-order valence-electron chi connectivity index (χ2n) is 5.95. The van der Waals surface area contributed by atoms with Gasteiger partial charge in [0, 0.05) is 31.7 Å². The van der Waals surface area contributed by atoms with E-state index in [2.05, 4.69) is 4.98 Å². The number of nitrogens with zero attached hydrogens (tertiary/aromatic N) is 3. The standard InChI is InChI=1S/C18H17N3O3S/c22-17(13-4-5-14-15(11-13)24-12-19-14)20-6-2-7-21(9-8-20)18(23)16-3-1-10-25-16/h1,3-5,10-12H,2,6-9H2. The molecule has 7 heteroatoms. The summed E-state index contributed by atoms with van der Waals surface area (Å²) < 4.78 is 5.28. The molecule has 0 radical (unpaired) electrons. The molecule has 0 spiro atoms. The molecule has 4 rings (SSSR count). The molecule has 0 saturated carbocycles. The number of fused-ring (bicyclic) bond motifs is 1. The Morgan fingerprint density at radius 2 is 1.84 bits per heavy atom. The van der Waals surface area contributed by atoms with Crippen LogP contribution in [0.2, 0.25) is 0 Å². The number of benzene rings is 1. The molecule has 1 saturated heterocycles. The van der Waals surface area contributed by atoms with Crippen molar-refractivity contribution in [1.82, 2.24) is 14.8 Å². The average Bonchev–Trinajstić information content (AvgIpc) is 3.27. The normalized spacial score (nSPS) is 15.4. The minimum Gasteiger partial charge on any atom is -0.443 e. The lowest BCUT2D eigenvalue weighted by Gasteiger charge is -2.22. The van der Waals surface area contributed by atoms with Gasteiger partial charge in [0.2, 0.25) is 0 Å². The maximum Gasteiger partial charge on any atom is 0.263 e. The highest BCUT2D eigenvalue weighted by Gasteiger charge is 2.24. The zero-order chi connectivity index (χ0) is 17.2. The van der Waals surface area contributed by atoms with Crippen LogP contribution in [-0.4, -0.2) is 52.8 Å². The summed E-state index contributed by atoms with van der Waals surface area (Å²) in [5.41, 5.74) is 1.93. The smallest absolute Gasteiger partial charge is 0.263 e. The van der Waals surface area contributed by atoms with Crippen LogP contribution >= 0.6 is 11.3 Å². The van der Waals surface area contributed by atoms with Crippen molar-refractivity contribution in [3.63, 3.8) is 0 Å². The Hall–Kier alpha value is -2.67. The largest absolute Gasteiger partial charge is 0.443 e. The molecule has 3 aromatic rings. The third-order valence-corrected chi connectivity index (χ3v) is 5.24. The van der Waals surface area contributed by atoms with Crippen LogP contribution < -0.4 is 0 Å². The van der Waals surface area contributed by atoms with Gasteiger partial charge in [-0.15, -0.1) is 11.3 Å². The number of rotatable bonds is 2. The molecule has 25 heavy (non-hydrogen) atoms. The van der Waals surface area contributed by atoms with E-state index < -0.39 is 0 Å². The van der Waals surface area contributed by atoms with Crippen LogP contribution in [0.15, 0.2) is 46.5 Å². The molecular weight excluding hydrogens is 338 g/mol. The van der Waals surface area contributed by atoms with E-state index in [1.807, 2.05) is 22.4 Å². The monoisotopic (exact) mass is 355 g/mol. The summed E-state index contributed by atoms with van der Waals surface area (Å²) in [5.74, 6) is 0.0103. The summed E-state index contributed by atoms with van der Waals surface area (Å²) in [6.45, 7) is 2.39. The summed E-state index contributed by atoms with van der Waals surface area (Å²) in [5, 5.41) is 1.90. The van der Waals surface area contributed by atoms with Crippen molar-refractivity contribution in [3.8, 4) is 0 Å². The summed E-state index contributed by atoms with van der Waals surface area (Å²) in [6, 6.07) is 9.01. The number of carbonyl (C=O) groups is 2. The van der Waals surface area contributed by atoms with Crippen LogP contribution in [0.4, 0.5) is 0 Å². The summed E-state index contributed by atoms with van der Waals surface area (Å²) in [6.07, 6.45) is 2.15. The number of hydrogen-bond acceptors (Lipinski definition) is 5. The minimum atomic E-state index is -0.0382. The molecule has 2 aromatic heterocycles. The highest BCUT2D eigenvalue weighted by atomic mass is 32.1.